The van der Waals surface area contributed by atoms with Gasteiger partial charge in [0.2, 0.25) is 0 Å². The fourth-order valence-corrected chi connectivity index (χ4v) is 0.847. The van der Waals surface area contributed by atoms with Crippen molar-refractivity contribution >= 4 is 18.7 Å². The Hall–Kier alpha value is -0.637. The number of nitrogens with zero attached hydrogens (tertiary/aromatic N) is 1. The third-order valence-corrected chi connectivity index (χ3v) is 1.44. The Morgan fingerprint density at radius 3 is 2.50 bits per heavy atom. The van der Waals surface area contributed by atoms with Gasteiger partial charge in [-0.25, -0.2) is 0 Å². The zero-order valence-electron chi connectivity index (χ0n) is 7.30. The predicted molar refractivity (Wildman–Crippen MR) is 49.9 cm³/mol. The summed E-state index contributed by atoms with van der Waals surface area (Å²) in [5, 5.41) is 17.5. The molecule has 2 N–H and O–H groups in total. The predicted octanol–water partition coefficient (Wildman–Crippen LogP) is 0.611. The molecule has 14 heavy (non-hydrogen) atoms. The van der Waals surface area contributed by atoms with Gasteiger partial charge in [-0.15, -0.1) is 0 Å². The summed E-state index contributed by atoms with van der Waals surface area (Å²) < 4.78 is 12.0. The summed E-state index contributed by atoms with van der Waals surface area (Å²) in [5.74, 6) is 0. The molecule has 1 rings (SSSR count). The molecule has 1 aromatic rings. The van der Waals surface area contributed by atoms with Crippen LogP contribution in [0, 0.1) is 0 Å². The van der Waals surface area contributed by atoms with Crippen LogP contribution < -0.4 is 5.46 Å². The van der Waals surface area contributed by atoms with Crippen molar-refractivity contribution in [1.29, 1.82) is 0 Å². The second kappa shape index (κ2) is 7.74. The summed E-state index contributed by atoms with van der Waals surface area (Å²) in [5.41, 5.74) is 1.37. The summed E-state index contributed by atoms with van der Waals surface area (Å²) in [6.45, 7) is 3.57. The van der Waals surface area contributed by atoms with Crippen LogP contribution in [0.2, 0.25) is 0 Å². The van der Waals surface area contributed by atoms with Crippen molar-refractivity contribution in [2.45, 2.75) is 0 Å². The fraction of sp³-hybridized carbons (Fsp3) is 0. The molecule has 0 unspecified atom stereocenters. The van der Waals surface area contributed by atoms with Crippen LogP contribution in [0.4, 0.5) is 4.48 Å². The van der Waals surface area contributed by atoms with E-state index in [-0.39, 0.29) is 0 Å². The van der Waals surface area contributed by atoms with E-state index in [4.69, 9.17) is 10.0 Å². The van der Waals surface area contributed by atoms with Crippen LogP contribution in [0.1, 0.15) is 5.56 Å². The number of halogens is 1. The standard InChI is InChI=1S/C8H9BO2.FN.W/c1-2-7-4-3-5-8(6-7)9(10)11;1-2;/h2-6,10-11H,1H2;;. The Balaban J connectivity index is 0.000000500. The topological polar surface area (TPSA) is 52.8 Å². The van der Waals surface area contributed by atoms with Gasteiger partial charge in [-0.3, -0.25) is 0 Å². The van der Waals surface area contributed by atoms with Crippen LogP contribution in [0.15, 0.2) is 34.6 Å². The van der Waals surface area contributed by atoms with E-state index in [1.165, 1.54) is 0 Å². The first-order valence-corrected chi connectivity index (χ1v) is 4.99. The van der Waals surface area contributed by atoms with Gasteiger partial charge in [0.15, 0.2) is 0 Å². The van der Waals surface area contributed by atoms with Gasteiger partial charge < -0.3 is 10.0 Å². The molecule has 0 spiro atoms. The molecule has 1 aromatic carbocycles. The Kier molecular flexibility index (Phi) is 7.39. The molecule has 0 aliphatic heterocycles. The molecule has 0 aromatic heterocycles. The fourth-order valence-electron chi connectivity index (χ4n) is 0.847. The molecule has 0 bridgehead atoms. The normalized spacial score (nSPS) is 8.21. The summed E-state index contributed by atoms with van der Waals surface area (Å²) in [7, 11) is -1.39. The van der Waals surface area contributed by atoms with E-state index in [9.17, 15) is 4.48 Å². The molecule has 0 atom stereocenters. The van der Waals surface area contributed by atoms with Gasteiger partial charge in [-0.05, 0) is 11.0 Å². The van der Waals surface area contributed by atoms with Crippen molar-refractivity contribution in [2.24, 2.45) is 3.72 Å². The molecule has 0 aliphatic carbocycles. The molecule has 0 aliphatic rings. The average molecular weight is 365 g/mol. The van der Waals surface area contributed by atoms with Crippen LogP contribution in [-0.2, 0) is 19.6 Å². The molecular weight excluding hydrogens is 356 g/mol. The van der Waals surface area contributed by atoms with Crippen LogP contribution in [-0.4, -0.2) is 17.2 Å². The maximum absolute atomic E-state index is 9.95. The van der Waals surface area contributed by atoms with E-state index in [1.807, 2.05) is 6.07 Å². The summed E-state index contributed by atoms with van der Waals surface area (Å²) in [6.07, 6.45) is 1.66. The van der Waals surface area contributed by atoms with Gasteiger partial charge in [-0.1, -0.05) is 36.9 Å². The molecule has 3 nitrogen and oxygen atoms in total. The number of hydrogen-bond acceptors (Lipinski definition) is 3. The Morgan fingerprint density at radius 1 is 1.50 bits per heavy atom. The molecular formula is C8H9BFNO2W. The van der Waals surface area contributed by atoms with E-state index in [1.54, 1.807) is 24.3 Å². The summed E-state index contributed by atoms with van der Waals surface area (Å²) >= 11 is 0.630. The van der Waals surface area contributed by atoms with Gasteiger partial charge in [0.05, 0.1) is 0 Å². The van der Waals surface area contributed by atoms with Gasteiger partial charge in [0.25, 0.3) is 0 Å². The zero-order valence-corrected chi connectivity index (χ0v) is 10.2. The second-order valence-corrected chi connectivity index (χ2v) is 2.81. The van der Waals surface area contributed by atoms with Gasteiger partial charge in [-0.2, -0.15) is 0 Å². The van der Waals surface area contributed by atoms with Crippen molar-refractivity contribution in [3.05, 3.63) is 36.4 Å². The molecule has 0 radical (unpaired) electrons. The van der Waals surface area contributed by atoms with Gasteiger partial charge in [0, 0.05) is 0 Å². The van der Waals surface area contributed by atoms with Crippen LogP contribution in [0.5, 0.6) is 0 Å². The van der Waals surface area contributed by atoms with Gasteiger partial charge >= 0.3 is 34.9 Å². The number of rotatable bonds is 2. The first-order chi connectivity index (χ1) is 6.65. The Morgan fingerprint density at radius 2 is 2.07 bits per heavy atom. The van der Waals surface area contributed by atoms with E-state index >= 15 is 0 Å². The number of benzene rings is 1. The number of hydrogen-bond donors (Lipinski definition) is 2. The summed E-state index contributed by atoms with van der Waals surface area (Å²) in [6, 6.07) is 6.93. The van der Waals surface area contributed by atoms with Crippen molar-refractivity contribution in [3.8, 4) is 0 Å². The Labute approximate surface area is 93.1 Å². The van der Waals surface area contributed by atoms with E-state index in [0.717, 1.165) is 5.56 Å². The van der Waals surface area contributed by atoms with Crippen LogP contribution >= 0.6 is 0 Å². The first-order valence-electron chi connectivity index (χ1n) is 3.67. The van der Waals surface area contributed by atoms with E-state index in [0.29, 0.717) is 25.1 Å². The Bertz CT molecular complexity index is 309. The second-order valence-electron chi connectivity index (χ2n) is 2.32. The quantitative estimate of drug-likeness (QED) is 0.756. The molecule has 0 amide bonds. The molecule has 0 fully saturated rings. The van der Waals surface area contributed by atoms with Crippen LogP contribution in [0.25, 0.3) is 6.08 Å². The minimum atomic E-state index is -1.39. The maximum atomic E-state index is 9.95. The summed E-state index contributed by atoms with van der Waals surface area (Å²) in [4.78, 5) is 0. The molecule has 0 saturated carbocycles. The third kappa shape index (κ3) is 5.17. The van der Waals surface area contributed by atoms with Crippen molar-refractivity contribution < 1.29 is 34.2 Å². The average Bonchev–Trinajstić information content (AvgIpc) is 2.19. The van der Waals surface area contributed by atoms with Crippen molar-refractivity contribution in [3.63, 3.8) is 0 Å². The first kappa shape index (κ1) is 13.4. The molecule has 0 heterocycles. The SMILES string of the molecule is C=Cc1cccc(B(O)O)c1.F[N]=[W]. The van der Waals surface area contributed by atoms with Crippen molar-refractivity contribution in [2.75, 3.05) is 0 Å². The molecule has 74 valence electrons. The molecule has 6 heteroatoms. The van der Waals surface area contributed by atoms with Crippen LogP contribution in [0.3, 0.4) is 0 Å². The van der Waals surface area contributed by atoms with Gasteiger partial charge in [0.1, 0.15) is 0 Å². The monoisotopic (exact) mass is 365 g/mol. The minimum absolute atomic E-state index is 0.488. The van der Waals surface area contributed by atoms with E-state index in [2.05, 4.69) is 10.3 Å². The van der Waals surface area contributed by atoms with E-state index < -0.39 is 7.12 Å². The third-order valence-electron chi connectivity index (χ3n) is 1.44. The van der Waals surface area contributed by atoms with Crippen molar-refractivity contribution in [1.82, 2.24) is 0 Å². The zero-order chi connectivity index (χ0) is 11.0. The molecule has 0 saturated heterocycles.